The van der Waals surface area contributed by atoms with Crippen LogP contribution in [0.4, 0.5) is 15.9 Å². The lowest BCUT2D eigenvalue weighted by Gasteiger charge is -2.12. The van der Waals surface area contributed by atoms with Gasteiger partial charge in [0.2, 0.25) is 11.3 Å². The number of nitrogens with two attached hydrogens (primary N) is 1. The van der Waals surface area contributed by atoms with Crippen LogP contribution >= 0.6 is 11.6 Å². The molecule has 10 nitrogen and oxygen atoms in total. The van der Waals surface area contributed by atoms with Gasteiger partial charge in [-0.25, -0.2) is 23.8 Å². The molecular formula is C18H11ClFN7O3. The third kappa shape index (κ3) is 3.61. The van der Waals surface area contributed by atoms with Gasteiger partial charge in [0.05, 0.1) is 10.6 Å². The third-order valence-corrected chi connectivity index (χ3v) is 4.34. The van der Waals surface area contributed by atoms with E-state index in [1.165, 1.54) is 42.5 Å². The Labute approximate surface area is 172 Å². The maximum absolute atomic E-state index is 13.5. The summed E-state index contributed by atoms with van der Waals surface area (Å²) in [4.78, 5) is 19.8. The smallest absolute Gasteiger partial charge is 0.335 e. The summed E-state index contributed by atoms with van der Waals surface area (Å²) >= 11 is 5.84. The van der Waals surface area contributed by atoms with Gasteiger partial charge in [0.1, 0.15) is 17.2 Å². The Morgan fingerprint density at radius 2 is 1.77 bits per heavy atom. The molecule has 0 unspecified atom stereocenters. The number of aromatic nitrogens is 4. The molecule has 0 fully saturated rings. The van der Waals surface area contributed by atoms with Crippen molar-refractivity contribution < 1.29 is 18.9 Å². The number of hydrazone groups is 1. The Morgan fingerprint density at radius 1 is 1.10 bits per heavy atom. The standard InChI is InChI=1S/C18H11ClFN7O3/c19-11-7-10(5-6-12(11)20)22-15-14(23-16-17(24-15)27-30-26-16)13(25-21)8-1-3-9(4-2-8)18(28)29/h1-7H,21H2,(H,28,29)(H,22,24,27). The highest BCUT2D eigenvalue weighted by molar-refractivity contribution is 6.31. The van der Waals surface area contributed by atoms with E-state index in [2.05, 4.69) is 35.3 Å². The van der Waals surface area contributed by atoms with E-state index >= 15 is 0 Å². The minimum Gasteiger partial charge on any atom is -0.478 e. The number of rotatable bonds is 5. The lowest BCUT2D eigenvalue weighted by Crippen LogP contribution is -2.13. The van der Waals surface area contributed by atoms with E-state index in [1.807, 2.05) is 0 Å². The zero-order chi connectivity index (χ0) is 21.3. The summed E-state index contributed by atoms with van der Waals surface area (Å²) in [5.74, 6) is 4.13. The van der Waals surface area contributed by atoms with Crippen LogP contribution in [0.3, 0.4) is 0 Å². The molecule has 0 radical (unpaired) electrons. The van der Waals surface area contributed by atoms with Crippen LogP contribution < -0.4 is 11.2 Å². The lowest BCUT2D eigenvalue weighted by molar-refractivity contribution is 0.0697. The molecule has 0 aliphatic rings. The second kappa shape index (κ2) is 7.72. The highest BCUT2D eigenvalue weighted by Crippen LogP contribution is 2.26. The van der Waals surface area contributed by atoms with Crippen LogP contribution in [0.5, 0.6) is 0 Å². The number of hydrogen-bond donors (Lipinski definition) is 3. The first-order chi connectivity index (χ1) is 14.5. The van der Waals surface area contributed by atoms with Gasteiger partial charge in [-0.05, 0) is 40.6 Å². The molecule has 0 aliphatic carbocycles. The summed E-state index contributed by atoms with van der Waals surface area (Å²) in [5, 5.41) is 23.1. The molecular weight excluding hydrogens is 417 g/mol. The number of nitrogens with one attached hydrogen (secondary N) is 1. The van der Waals surface area contributed by atoms with Crippen LogP contribution in [0.1, 0.15) is 21.6 Å². The molecule has 0 bridgehead atoms. The van der Waals surface area contributed by atoms with Crippen molar-refractivity contribution in [1.82, 2.24) is 20.3 Å². The van der Waals surface area contributed by atoms with Crippen LogP contribution in [-0.4, -0.2) is 37.1 Å². The molecule has 2 aromatic carbocycles. The number of aromatic carboxylic acids is 1. The maximum atomic E-state index is 13.5. The molecule has 0 aliphatic heterocycles. The highest BCUT2D eigenvalue weighted by atomic mass is 35.5. The number of nitrogens with zero attached hydrogens (tertiary/aromatic N) is 5. The fourth-order valence-electron chi connectivity index (χ4n) is 2.64. The molecule has 12 heteroatoms. The highest BCUT2D eigenvalue weighted by Gasteiger charge is 2.20. The number of carbonyl (C=O) groups is 1. The van der Waals surface area contributed by atoms with Gasteiger partial charge in [-0.15, -0.1) is 0 Å². The molecule has 30 heavy (non-hydrogen) atoms. The van der Waals surface area contributed by atoms with E-state index in [0.29, 0.717) is 11.3 Å². The Bertz CT molecular complexity index is 1290. The van der Waals surface area contributed by atoms with Crippen LogP contribution in [0.25, 0.3) is 11.3 Å². The molecule has 4 N–H and O–H groups in total. The quantitative estimate of drug-likeness (QED) is 0.248. The molecule has 0 saturated carbocycles. The summed E-state index contributed by atoms with van der Waals surface area (Å²) < 4.78 is 18.1. The average Bonchev–Trinajstić information content (AvgIpc) is 3.19. The van der Waals surface area contributed by atoms with E-state index in [0.717, 1.165) is 0 Å². The molecule has 4 rings (SSSR count). The molecule has 150 valence electrons. The first-order valence-corrected chi connectivity index (χ1v) is 8.68. The number of hydrogen-bond acceptors (Lipinski definition) is 9. The van der Waals surface area contributed by atoms with Crippen molar-refractivity contribution in [3.05, 3.63) is 70.1 Å². The minimum absolute atomic E-state index is 0.0873. The van der Waals surface area contributed by atoms with Crippen molar-refractivity contribution in [2.45, 2.75) is 0 Å². The first kappa shape index (κ1) is 19.2. The van der Waals surface area contributed by atoms with E-state index in [-0.39, 0.29) is 39.1 Å². The summed E-state index contributed by atoms with van der Waals surface area (Å²) in [6.45, 7) is 0. The summed E-state index contributed by atoms with van der Waals surface area (Å²) in [7, 11) is 0. The maximum Gasteiger partial charge on any atom is 0.335 e. The van der Waals surface area contributed by atoms with E-state index in [9.17, 15) is 9.18 Å². The topological polar surface area (TPSA) is 152 Å². The SMILES string of the molecule is NN=C(c1ccc(C(=O)O)cc1)c1nc2nonc2nc1Nc1ccc(F)c(Cl)c1. The number of anilines is 2. The Kier molecular flexibility index (Phi) is 4.94. The number of carboxylic acids is 1. The lowest BCUT2D eigenvalue weighted by atomic mass is 10.0. The molecule has 0 amide bonds. The molecule has 2 heterocycles. The third-order valence-electron chi connectivity index (χ3n) is 4.06. The van der Waals surface area contributed by atoms with Gasteiger partial charge in [-0.2, -0.15) is 5.10 Å². The second-order valence-electron chi connectivity index (χ2n) is 5.95. The van der Waals surface area contributed by atoms with Crippen molar-refractivity contribution in [1.29, 1.82) is 0 Å². The van der Waals surface area contributed by atoms with Gasteiger partial charge < -0.3 is 16.3 Å². The molecule has 2 aromatic heterocycles. The van der Waals surface area contributed by atoms with E-state index in [1.54, 1.807) is 0 Å². The van der Waals surface area contributed by atoms with Crippen molar-refractivity contribution in [2.24, 2.45) is 10.9 Å². The Balaban J connectivity index is 1.82. The van der Waals surface area contributed by atoms with Gasteiger partial charge >= 0.3 is 5.97 Å². The fraction of sp³-hybridized carbons (Fsp3) is 0. The summed E-state index contributed by atoms with van der Waals surface area (Å²) in [5.41, 5.74) is 1.60. The fourth-order valence-corrected chi connectivity index (χ4v) is 2.82. The van der Waals surface area contributed by atoms with Gasteiger partial charge in [-0.3, -0.25) is 0 Å². The molecule has 0 atom stereocenters. The van der Waals surface area contributed by atoms with Crippen LogP contribution in [-0.2, 0) is 0 Å². The first-order valence-electron chi connectivity index (χ1n) is 8.30. The average molecular weight is 428 g/mol. The van der Waals surface area contributed by atoms with Crippen LogP contribution in [0.2, 0.25) is 5.02 Å². The van der Waals surface area contributed by atoms with E-state index in [4.69, 9.17) is 22.6 Å². The zero-order valence-electron chi connectivity index (χ0n) is 14.9. The zero-order valence-corrected chi connectivity index (χ0v) is 15.6. The van der Waals surface area contributed by atoms with E-state index < -0.39 is 11.8 Å². The van der Waals surface area contributed by atoms with Gasteiger partial charge in [0, 0.05) is 11.3 Å². The largest absolute Gasteiger partial charge is 0.478 e. The predicted molar refractivity (Wildman–Crippen MR) is 105 cm³/mol. The predicted octanol–water partition coefficient (Wildman–Crippen LogP) is 2.96. The molecule has 0 saturated heterocycles. The Morgan fingerprint density at radius 3 is 2.40 bits per heavy atom. The Hall–Kier alpha value is -4.12. The normalized spacial score (nSPS) is 11.6. The van der Waals surface area contributed by atoms with Crippen LogP contribution in [0, 0.1) is 5.82 Å². The van der Waals surface area contributed by atoms with Crippen molar-refractivity contribution >= 4 is 46.1 Å². The number of fused-ring (bicyclic) bond motifs is 1. The van der Waals surface area contributed by atoms with Crippen molar-refractivity contribution in [2.75, 3.05) is 5.32 Å². The van der Waals surface area contributed by atoms with Gasteiger partial charge in [-0.1, -0.05) is 23.7 Å². The number of benzene rings is 2. The van der Waals surface area contributed by atoms with Crippen molar-refractivity contribution in [3.8, 4) is 0 Å². The number of halogens is 2. The summed E-state index contributed by atoms with van der Waals surface area (Å²) in [6.07, 6.45) is 0. The summed E-state index contributed by atoms with van der Waals surface area (Å²) in [6, 6.07) is 9.88. The number of carboxylic acid groups (broad SMARTS) is 1. The molecule has 4 aromatic rings. The second-order valence-corrected chi connectivity index (χ2v) is 6.35. The van der Waals surface area contributed by atoms with Crippen molar-refractivity contribution in [3.63, 3.8) is 0 Å². The van der Waals surface area contributed by atoms with Crippen LogP contribution in [0.15, 0.2) is 52.2 Å². The van der Waals surface area contributed by atoms with Gasteiger partial charge in [0.25, 0.3) is 0 Å². The van der Waals surface area contributed by atoms with Gasteiger partial charge in [0.15, 0.2) is 5.82 Å². The molecule has 0 spiro atoms. The minimum atomic E-state index is -1.07. The monoisotopic (exact) mass is 427 g/mol.